The van der Waals surface area contributed by atoms with Crippen LogP contribution in [0.1, 0.15) is 30.5 Å². The number of carbonyl (C=O) groups is 2. The maximum atomic E-state index is 12.1. The van der Waals surface area contributed by atoms with Gasteiger partial charge in [0.1, 0.15) is 0 Å². The van der Waals surface area contributed by atoms with Crippen LogP contribution in [0.2, 0.25) is 0 Å². The minimum atomic E-state index is -0.657. The number of hydrogen-bond donors (Lipinski definition) is 2. The third kappa shape index (κ3) is 5.09. The van der Waals surface area contributed by atoms with Gasteiger partial charge < -0.3 is 15.5 Å². The zero-order chi connectivity index (χ0) is 19.1. The van der Waals surface area contributed by atoms with Crippen LogP contribution in [-0.2, 0) is 16.1 Å². The van der Waals surface area contributed by atoms with Crippen LogP contribution in [0.3, 0.4) is 0 Å². The molecule has 0 aliphatic rings. The SMILES string of the molecule is CCN(CC)c1ccc(NC(=O)C(=O)NCc2ccc(C)cc2)c(C)c1. The Morgan fingerprint density at radius 2 is 1.58 bits per heavy atom. The molecule has 0 atom stereocenters. The summed E-state index contributed by atoms with van der Waals surface area (Å²) in [4.78, 5) is 26.4. The second kappa shape index (κ2) is 9.04. The number of carbonyl (C=O) groups excluding carboxylic acids is 2. The molecule has 0 aliphatic heterocycles. The van der Waals surface area contributed by atoms with Crippen molar-refractivity contribution in [1.29, 1.82) is 0 Å². The van der Waals surface area contributed by atoms with Gasteiger partial charge in [-0.1, -0.05) is 29.8 Å². The van der Waals surface area contributed by atoms with E-state index in [0.29, 0.717) is 12.2 Å². The van der Waals surface area contributed by atoms with Gasteiger partial charge in [-0.3, -0.25) is 9.59 Å². The first-order valence-corrected chi connectivity index (χ1v) is 8.95. The second-order valence-electron chi connectivity index (χ2n) is 6.29. The van der Waals surface area contributed by atoms with E-state index >= 15 is 0 Å². The number of aryl methyl sites for hydroxylation is 2. The Labute approximate surface area is 155 Å². The number of benzene rings is 2. The molecule has 0 aliphatic carbocycles. The van der Waals surface area contributed by atoms with Crippen LogP contribution in [0.15, 0.2) is 42.5 Å². The lowest BCUT2D eigenvalue weighted by Crippen LogP contribution is -2.35. The molecule has 2 N–H and O–H groups in total. The zero-order valence-corrected chi connectivity index (χ0v) is 15.9. The van der Waals surface area contributed by atoms with Crippen LogP contribution in [0.5, 0.6) is 0 Å². The highest BCUT2D eigenvalue weighted by molar-refractivity contribution is 6.39. The molecule has 0 saturated carbocycles. The van der Waals surface area contributed by atoms with Gasteiger partial charge >= 0.3 is 11.8 Å². The summed E-state index contributed by atoms with van der Waals surface area (Å²) in [6.07, 6.45) is 0. The molecule has 5 heteroatoms. The number of amides is 2. The van der Waals surface area contributed by atoms with E-state index in [9.17, 15) is 9.59 Å². The summed E-state index contributed by atoms with van der Waals surface area (Å²) in [6, 6.07) is 13.6. The number of nitrogens with one attached hydrogen (secondary N) is 2. The van der Waals surface area contributed by atoms with Gasteiger partial charge in [0.2, 0.25) is 0 Å². The molecule has 5 nitrogen and oxygen atoms in total. The molecule has 0 heterocycles. The van der Waals surface area contributed by atoms with Gasteiger partial charge in [-0.2, -0.15) is 0 Å². The molecule has 2 aromatic carbocycles. The quantitative estimate of drug-likeness (QED) is 0.783. The van der Waals surface area contributed by atoms with Crippen molar-refractivity contribution < 1.29 is 9.59 Å². The molecule has 2 rings (SSSR count). The topological polar surface area (TPSA) is 61.4 Å². The van der Waals surface area contributed by atoms with E-state index in [4.69, 9.17) is 0 Å². The van der Waals surface area contributed by atoms with E-state index in [0.717, 1.165) is 35.5 Å². The average Bonchev–Trinajstić information content (AvgIpc) is 2.64. The maximum absolute atomic E-state index is 12.1. The number of anilines is 2. The van der Waals surface area contributed by atoms with Crippen LogP contribution < -0.4 is 15.5 Å². The first kappa shape index (κ1) is 19.5. The normalized spacial score (nSPS) is 10.3. The van der Waals surface area contributed by atoms with Crippen molar-refractivity contribution in [3.05, 3.63) is 59.2 Å². The largest absolute Gasteiger partial charge is 0.372 e. The monoisotopic (exact) mass is 353 g/mol. The van der Waals surface area contributed by atoms with E-state index in [1.54, 1.807) is 0 Å². The van der Waals surface area contributed by atoms with Crippen molar-refractivity contribution in [3.63, 3.8) is 0 Å². The highest BCUT2D eigenvalue weighted by Crippen LogP contribution is 2.22. The van der Waals surface area contributed by atoms with Crippen LogP contribution >= 0.6 is 0 Å². The molecule has 2 amide bonds. The molecule has 0 radical (unpaired) electrons. The van der Waals surface area contributed by atoms with Crippen LogP contribution in [0.25, 0.3) is 0 Å². The standard InChI is InChI=1S/C21H27N3O2/c1-5-24(6-2)18-11-12-19(16(4)13-18)23-21(26)20(25)22-14-17-9-7-15(3)8-10-17/h7-13H,5-6,14H2,1-4H3,(H,22,25)(H,23,26). The summed E-state index contributed by atoms with van der Waals surface area (Å²) in [5, 5.41) is 5.33. The van der Waals surface area contributed by atoms with Crippen LogP contribution in [0, 0.1) is 13.8 Å². The van der Waals surface area contributed by atoms with E-state index in [1.165, 1.54) is 0 Å². The molecular weight excluding hydrogens is 326 g/mol. The van der Waals surface area contributed by atoms with E-state index in [-0.39, 0.29) is 0 Å². The Kier molecular flexibility index (Phi) is 6.78. The Morgan fingerprint density at radius 1 is 0.923 bits per heavy atom. The molecule has 0 fully saturated rings. The highest BCUT2D eigenvalue weighted by Gasteiger charge is 2.15. The zero-order valence-electron chi connectivity index (χ0n) is 15.9. The van der Waals surface area contributed by atoms with E-state index in [1.807, 2.05) is 56.3 Å². The predicted molar refractivity (Wildman–Crippen MR) is 106 cm³/mol. The third-order valence-corrected chi connectivity index (χ3v) is 4.37. The van der Waals surface area contributed by atoms with Gasteiger partial charge in [0.05, 0.1) is 0 Å². The lowest BCUT2D eigenvalue weighted by atomic mass is 10.1. The maximum Gasteiger partial charge on any atom is 0.313 e. The third-order valence-electron chi connectivity index (χ3n) is 4.37. The Morgan fingerprint density at radius 3 is 2.15 bits per heavy atom. The second-order valence-corrected chi connectivity index (χ2v) is 6.29. The fourth-order valence-electron chi connectivity index (χ4n) is 2.72. The minimum absolute atomic E-state index is 0.326. The Hall–Kier alpha value is -2.82. The van der Waals surface area contributed by atoms with Crippen molar-refractivity contribution in [3.8, 4) is 0 Å². The van der Waals surface area contributed by atoms with Crippen molar-refractivity contribution in [2.45, 2.75) is 34.2 Å². The molecule has 0 saturated heterocycles. The summed E-state index contributed by atoms with van der Waals surface area (Å²) in [7, 11) is 0. The molecular formula is C21H27N3O2. The summed E-state index contributed by atoms with van der Waals surface area (Å²) in [5.74, 6) is -1.30. The number of rotatable bonds is 6. The minimum Gasteiger partial charge on any atom is -0.372 e. The van der Waals surface area contributed by atoms with Gasteiger partial charge in [-0.25, -0.2) is 0 Å². The fraction of sp³-hybridized carbons (Fsp3) is 0.333. The van der Waals surface area contributed by atoms with Gasteiger partial charge in [0, 0.05) is 31.0 Å². The highest BCUT2D eigenvalue weighted by atomic mass is 16.2. The van der Waals surface area contributed by atoms with Crippen LogP contribution in [-0.4, -0.2) is 24.9 Å². The Bertz CT molecular complexity index is 765. The molecule has 0 aromatic heterocycles. The van der Waals surface area contributed by atoms with E-state index in [2.05, 4.69) is 29.4 Å². The summed E-state index contributed by atoms with van der Waals surface area (Å²) >= 11 is 0. The van der Waals surface area contributed by atoms with Crippen molar-refractivity contribution in [1.82, 2.24) is 5.32 Å². The molecule has 0 unspecified atom stereocenters. The number of hydrogen-bond acceptors (Lipinski definition) is 3. The molecule has 2 aromatic rings. The summed E-state index contributed by atoms with van der Waals surface area (Å²) < 4.78 is 0. The smallest absolute Gasteiger partial charge is 0.313 e. The predicted octanol–water partition coefficient (Wildman–Crippen LogP) is 3.40. The molecule has 0 bridgehead atoms. The first-order chi connectivity index (χ1) is 12.4. The summed E-state index contributed by atoms with van der Waals surface area (Å²) in [5.41, 5.74) is 4.79. The molecule has 26 heavy (non-hydrogen) atoms. The average molecular weight is 353 g/mol. The van der Waals surface area contributed by atoms with E-state index < -0.39 is 11.8 Å². The number of nitrogens with zero attached hydrogens (tertiary/aromatic N) is 1. The fourth-order valence-corrected chi connectivity index (χ4v) is 2.72. The Balaban J connectivity index is 1.95. The molecule has 138 valence electrons. The van der Waals surface area contributed by atoms with Crippen molar-refractivity contribution >= 4 is 23.2 Å². The van der Waals surface area contributed by atoms with Crippen molar-refractivity contribution in [2.24, 2.45) is 0 Å². The first-order valence-electron chi connectivity index (χ1n) is 8.95. The van der Waals surface area contributed by atoms with Crippen molar-refractivity contribution in [2.75, 3.05) is 23.3 Å². The van der Waals surface area contributed by atoms with Crippen LogP contribution in [0.4, 0.5) is 11.4 Å². The van der Waals surface area contributed by atoms with Gasteiger partial charge in [-0.15, -0.1) is 0 Å². The molecule has 0 spiro atoms. The van der Waals surface area contributed by atoms with Gasteiger partial charge in [0.15, 0.2) is 0 Å². The lowest BCUT2D eigenvalue weighted by Gasteiger charge is -2.22. The van der Waals surface area contributed by atoms with Gasteiger partial charge in [-0.05, 0) is 57.0 Å². The lowest BCUT2D eigenvalue weighted by molar-refractivity contribution is -0.136. The summed E-state index contributed by atoms with van der Waals surface area (Å²) in [6.45, 7) is 10.3. The van der Waals surface area contributed by atoms with Gasteiger partial charge in [0.25, 0.3) is 0 Å².